The Hall–Kier alpha value is -12.6. The summed E-state index contributed by atoms with van der Waals surface area (Å²) in [5.74, 6) is 2.52. The van der Waals surface area contributed by atoms with Crippen LogP contribution in [-0.4, -0.2) is 170 Å². The molecule has 40 nitrogen and oxygen atoms in total. The van der Waals surface area contributed by atoms with E-state index in [2.05, 4.69) is 50.8 Å². The molecule has 2 aromatic carbocycles. The summed E-state index contributed by atoms with van der Waals surface area (Å²) in [6, 6.07) is 14.6. The SMILES string of the molecule is CC(C)(C)OC(=O)n1c(CCl)cc2c(Cl)cccc21.Cc1cccc2c1cc(Cn1c(=O)c3c(nc(CCNC(=O)OC(C)(C)C)n3C)n(C)c1=O)n2C(=O)OC(C)(C)C.Cn1c(=O)[nH]c(=O)c2[nH]c(CCNC(=O)OC(C)(C)C)nc21.Cn1c(=O)c2c(nc(CCN)n2C)n(C)c1=O.Cn1c(CCNC(=O)OC(C)(C)C)nc2c1c(=O)[nH]c(=O)n2C. The number of alkyl halides is 1. The third-order valence-corrected chi connectivity index (χ3v) is 18.7. The molecule has 660 valence electrons. The number of nitrogens with one attached hydrogen (secondary N) is 6. The number of benzene rings is 2. The number of imidazole rings is 4. The number of hydrogen-bond donors (Lipinski definition) is 7. The van der Waals surface area contributed by atoms with Crippen LogP contribution in [0, 0.1) is 6.92 Å². The summed E-state index contributed by atoms with van der Waals surface area (Å²) >= 11 is 12.0. The zero-order valence-electron chi connectivity index (χ0n) is 73.1. The van der Waals surface area contributed by atoms with E-state index >= 15 is 0 Å². The number of hydrogen-bond acceptors (Lipinski definition) is 23. The lowest BCUT2D eigenvalue weighted by Crippen LogP contribution is -2.40. The molecular formula is C80H108Cl2N22O18. The fraction of sp³-hybridized carbons (Fsp3) is 0.487. The highest BCUT2D eigenvalue weighted by atomic mass is 35.5. The molecule has 0 unspecified atom stereocenters. The zero-order chi connectivity index (χ0) is 91.2. The molecule has 0 aliphatic rings. The Balaban J connectivity index is 0.000000198. The number of amides is 3. The summed E-state index contributed by atoms with van der Waals surface area (Å²) in [5.41, 5.74) is 4.39. The quantitative estimate of drug-likeness (QED) is 0.0428. The third-order valence-electron chi connectivity index (χ3n) is 18.1. The van der Waals surface area contributed by atoms with Crippen molar-refractivity contribution in [3.05, 3.63) is 177 Å². The first-order valence-corrected chi connectivity index (χ1v) is 39.6. The van der Waals surface area contributed by atoms with E-state index in [1.165, 1.54) is 48.5 Å². The van der Waals surface area contributed by atoms with Crippen LogP contribution in [0.25, 0.3) is 66.5 Å². The van der Waals surface area contributed by atoms with Gasteiger partial charge >= 0.3 is 53.2 Å². The number of halogens is 2. The normalized spacial score (nSPS) is 11.8. The van der Waals surface area contributed by atoms with Gasteiger partial charge < -0.3 is 64.1 Å². The van der Waals surface area contributed by atoms with Gasteiger partial charge in [-0.2, -0.15) is 0 Å². The maximum atomic E-state index is 13.7. The van der Waals surface area contributed by atoms with Crippen molar-refractivity contribution in [2.24, 2.45) is 62.1 Å². The van der Waals surface area contributed by atoms with Gasteiger partial charge in [0.05, 0.1) is 29.2 Å². The van der Waals surface area contributed by atoms with Crippen LogP contribution in [0.2, 0.25) is 5.02 Å². The van der Waals surface area contributed by atoms with Gasteiger partial charge in [0.25, 0.3) is 22.2 Å². The van der Waals surface area contributed by atoms with Gasteiger partial charge in [0.15, 0.2) is 39.1 Å². The van der Waals surface area contributed by atoms with Crippen molar-refractivity contribution in [1.82, 2.24) is 101 Å². The van der Waals surface area contributed by atoms with Gasteiger partial charge in [0.2, 0.25) is 0 Å². The highest BCUT2D eigenvalue weighted by molar-refractivity contribution is 6.35. The number of carbonyl (C=O) groups excluding carboxylic acids is 5. The van der Waals surface area contributed by atoms with Crippen molar-refractivity contribution >= 4 is 120 Å². The molecule has 0 spiro atoms. The van der Waals surface area contributed by atoms with E-state index in [-0.39, 0.29) is 52.5 Å². The van der Waals surface area contributed by atoms with Gasteiger partial charge in [-0.15, -0.1) is 11.6 Å². The molecule has 0 bridgehead atoms. The summed E-state index contributed by atoms with van der Waals surface area (Å²) in [4.78, 5) is 183. The Labute approximate surface area is 707 Å². The highest BCUT2D eigenvalue weighted by Gasteiger charge is 2.29. The number of rotatable bonds is 14. The lowest BCUT2D eigenvalue weighted by molar-refractivity contribution is 0.0516. The Bertz CT molecular complexity index is 6510. The van der Waals surface area contributed by atoms with Gasteiger partial charge in [-0.25, -0.2) is 72.2 Å². The van der Waals surface area contributed by atoms with Crippen LogP contribution in [-0.2, 0) is 118 Å². The summed E-state index contributed by atoms with van der Waals surface area (Å²) in [6.07, 6.45) is -0.969. The van der Waals surface area contributed by atoms with Crippen LogP contribution in [0.3, 0.4) is 0 Å². The van der Waals surface area contributed by atoms with E-state index < -0.39 is 92.2 Å². The van der Waals surface area contributed by atoms with Crippen LogP contribution in [0.4, 0.5) is 24.0 Å². The van der Waals surface area contributed by atoms with Crippen LogP contribution >= 0.6 is 23.2 Å². The average Bonchev–Trinajstić information content (AvgIpc) is 1.40. The molecule has 42 heteroatoms. The molecule has 0 atom stereocenters. The van der Waals surface area contributed by atoms with Gasteiger partial charge in [0, 0.05) is 123 Å². The molecule has 10 heterocycles. The number of aromatic nitrogens is 18. The number of aromatic amines is 3. The molecule has 0 fully saturated rings. The van der Waals surface area contributed by atoms with E-state index in [9.17, 15) is 62.3 Å². The number of H-pyrrole nitrogens is 3. The van der Waals surface area contributed by atoms with E-state index in [0.29, 0.717) is 118 Å². The average molecular weight is 1740 g/mol. The topological polar surface area (TPSA) is 483 Å². The largest absolute Gasteiger partial charge is 0.444 e. The maximum Gasteiger partial charge on any atom is 0.419 e. The second-order valence-electron chi connectivity index (χ2n) is 33.5. The number of ether oxygens (including phenoxy) is 5. The third kappa shape index (κ3) is 22.7. The molecule has 3 amide bonds. The molecule has 0 aliphatic carbocycles. The Kier molecular flexibility index (Phi) is 29.2. The van der Waals surface area contributed by atoms with Crippen LogP contribution < -0.4 is 66.7 Å². The van der Waals surface area contributed by atoms with E-state index in [0.717, 1.165) is 25.5 Å². The standard InChI is InChI=1S/C29H38N6O6.C14H15Cl2NO2.C14H21N5O4.C13H19N5O4.C10H15N5O2/c1-17-11-10-12-20-19(17)15-18(35(20)27(39)41-29(5,6)7)16-34-24(36)22-23(33(9)26(34)38)31-21(32(22)8)13-14-30-25(37)40-28(2,3)4;1-14(2,3)19-13(18)17-9(8-15)7-10-11(16)5-4-6-12(10)17;1-14(2,3)23-13(22)15-7-6-8-16-10-9(18(8)4)11(20)17-12(21)19(10)5;1-13(2,3)22-12(21)14-6-5-7-15-8-9(16-7)18(4)11(20)17-10(8)19;1-13-6(4-5-11)12-8-7(13)9(16)15(3)10(17)14(8)2/h10-12,15H,13-14,16H2,1-9H3,(H,30,37);4-7H,8H2,1-3H3;6-7H2,1-5H3,(H,15,22)(H,17,20,21);5-6H2,1-4H3,(H,14,21)(H,15,16)(H,17,19,20);4-5,11H2,1-3H3. The van der Waals surface area contributed by atoms with E-state index in [1.54, 1.807) is 150 Å². The van der Waals surface area contributed by atoms with Crippen molar-refractivity contribution in [3.63, 3.8) is 0 Å². The monoisotopic (exact) mass is 1730 g/mol. The van der Waals surface area contributed by atoms with Crippen LogP contribution in [0.5, 0.6) is 0 Å². The predicted octanol–water partition coefficient (Wildman–Crippen LogP) is 6.93. The number of alkyl carbamates (subject to hydrolysis) is 3. The minimum absolute atomic E-state index is 0.157. The number of aryl methyl sites for hydroxylation is 8. The minimum Gasteiger partial charge on any atom is -0.444 e. The molecule has 8 N–H and O–H groups in total. The van der Waals surface area contributed by atoms with E-state index in [4.69, 9.17) is 52.6 Å². The lowest BCUT2D eigenvalue weighted by atomic mass is 10.1. The molecule has 12 aromatic rings. The minimum atomic E-state index is -0.746. The van der Waals surface area contributed by atoms with Crippen molar-refractivity contribution < 1.29 is 47.7 Å². The predicted molar refractivity (Wildman–Crippen MR) is 462 cm³/mol. The fourth-order valence-electron chi connectivity index (χ4n) is 12.5. The second kappa shape index (κ2) is 37.6. The number of nitrogens with zero attached hydrogens (tertiary/aromatic N) is 15. The van der Waals surface area contributed by atoms with Gasteiger partial charge in [-0.1, -0.05) is 29.8 Å². The molecule has 0 saturated carbocycles. The molecule has 10 aromatic heterocycles. The first kappa shape index (κ1) is 94.9. The van der Waals surface area contributed by atoms with Crippen molar-refractivity contribution in [2.45, 2.75) is 177 Å². The zero-order valence-corrected chi connectivity index (χ0v) is 74.6. The highest BCUT2D eigenvalue weighted by Crippen LogP contribution is 2.30. The van der Waals surface area contributed by atoms with Gasteiger partial charge in [-0.05, 0) is 153 Å². The maximum absolute atomic E-state index is 13.7. The number of nitrogens with two attached hydrogens (primary N) is 1. The molecular weight excluding hydrogens is 1630 g/mol. The Morgan fingerprint density at radius 2 is 0.844 bits per heavy atom. The Morgan fingerprint density at radius 1 is 0.443 bits per heavy atom. The molecule has 12 rings (SSSR count). The Morgan fingerprint density at radius 3 is 1.32 bits per heavy atom. The molecule has 122 heavy (non-hydrogen) atoms. The first-order valence-electron chi connectivity index (χ1n) is 38.7. The van der Waals surface area contributed by atoms with Gasteiger partial charge in [-0.3, -0.25) is 56.5 Å². The van der Waals surface area contributed by atoms with Crippen LogP contribution in [0.1, 0.15) is 144 Å². The first-order chi connectivity index (χ1) is 56.6. The fourth-order valence-corrected chi connectivity index (χ4v) is 12.9. The smallest absolute Gasteiger partial charge is 0.419 e. The second-order valence-corrected chi connectivity index (χ2v) is 34.2. The van der Waals surface area contributed by atoms with Crippen molar-refractivity contribution in [2.75, 3.05) is 26.2 Å². The lowest BCUT2D eigenvalue weighted by Gasteiger charge is -2.21. The van der Waals surface area contributed by atoms with Crippen molar-refractivity contribution in [1.29, 1.82) is 0 Å². The summed E-state index contributed by atoms with van der Waals surface area (Å²) in [5, 5.41) is 10.1. The summed E-state index contributed by atoms with van der Waals surface area (Å²) in [7, 11) is 12.8. The molecule has 0 radical (unpaired) electrons. The number of fused-ring (bicyclic) bond motifs is 6. The van der Waals surface area contributed by atoms with Gasteiger partial charge in [0.1, 0.15) is 56.8 Å². The summed E-state index contributed by atoms with van der Waals surface area (Å²) < 4.78 is 41.8. The van der Waals surface area contributed by atoms with Crippen LogP contribution in [0.15, 0.2) is 86.9 Å². The molecule has 0 saturated heterocycles. The van der Waals surface area contributed by atoms with E-state index in [1.807, 2.05) is 58.0 Å². The number of carbonyl (C=O) groups is 5. The summed E-state index contributed by atoms with van der Waals surface area (Å²) in [6.45, 7) is 29.8. The van der Waals surface area contributed by atoms with Crippen molar-refractivity contribution in [3.8, 4) is 0 Å². The molecule has 0 aliphatic heterocycles.